The van der Waals surface area contributed by atoms with E-state index in [1.807, 2.05) is 18.2 Å². The van der Waals surface area contributed by atoms with Gasteiger partial charge in [0.1, 0.15) is 10.6 Å². The van der Waals surface area contributed by atoms with Crippen molar-refractivity contribution in [3.05, 3.63) is 106 Å². The molecule has 2 aromatic rings. The fourth-order valence-electron chi connectivity index (χ4n) is 3.84. The van der Waals surface area contributed by atoms with Crippen molar-refractivity contribution in [2.24, 2.45) is 5.92 Å². The number of rotatable bonds is 4. The number of fused-ring (bicyclic) bond motifs is 2. The fraction of sp³-hybridized carbons (Fsp3) is 0.185. The Morgan fingerprint density at radius 1 is 0.839 bits per heavy atom. The lowest BCUT2D eigenvalue weighted by Gasteiger charge is -2.14. The molecule has 158 valence electrons. The van der Waals surface area contributed by atoms with E-state index in [1.54, 1.807) is 36.4 Å². The highest BCUT2D eigenvalue weighted by Gasteiger charge is 2.20. The van der Waals surface area contributed by atoms with Gasteiger partial charge in [0.05, 0.1) is 0 Å². The summed E-state index contributed by atoms with van der Waals surface area (Å²) in [5.74, 6) is 0.687. The summed E-state index contributed by atoms with van der Waals surface area (Å²) in [7, 11) is -3.96. The minimum atomic E-state index is -3.96. The van der Waals surface area contributed by atoms with Crippen LogP contribution in [-0.4, -0.2) is 8.42 Å². The van der Waals surface area contributed by atoms with Crippen molar-refractivity contribution < 1.29 is 12.6 Å². The van der Waals surface area contributed by atoms with Gasteiger partial charge < -0.3 is 4.18 Å². The molecule has 0 atom stereocenters. The van der Waals surface area contributed by atoms with Gasteiger partial charge in [0.25, 0.3) is 0 Å². The van der Waals surface area contributed by atoms with Gasteiger partial charge >= 0.3 is 10.1 Å². The summed E-state index contributed by atoms with van der Waals surface area (Å²) in [5, 5.41) is 1.88. The molecule has 0 bridgehead atoms. The van der Waals surface area contributed by atoms with Crippen LogP contribution in [0.4, 0.5) is 0 Å². The van der Waals surface area contributed by atoms with Crippen LogP contribution in [0, 0.1) is 5.92 Å². The van der Waals surface area contributed by atoms with Crippen LogP contribution >= 0.6 is 0 Å². The summed E-state index contributed by atoms with van der Waals surface area (Å²) in [6.07, 6.45) is 10.7. The highest BCUT2D eigenvalue weighted by atomic mass is 32.2. The topological polar surface area (TPSA) is 43.4 Å². The van der Waals surface area contributed by atoms with Crippen LogP contribution in [0.3, 0.4) is 0 Å². The molecule has 0 fully saturated rings. The first-order valence-electron chi connectivity index (χ1n) is 10.4. The van der Waals surface area contributed by atoms with Gasteiger partial charge in [0.15, 0.2) is 0 Å². The number of benzene rings is 2. The van der Waals surface area contributed by atoms with Crippen LogP contribution in [0.25, 0.3) is 11.6 Å². The standard InChI is InChI=1S/C27H26O3S/c1-18(2)22-13-11-20(4)27-25(16-22)19(3)10-12-21-14-15-24(17-26(21)27)31(28,29)30-23-8-6-5-7-9-23/h5-18H,1-4H3. The lowest BCUT2D eigenvalue weighted by atomic mass is 9.91. The summed E-state index contributed by atoms with van der Waals surface area (Å²) < 4.78 is 31.4. The van der Waals surface area contributed by atoms with E-state index >= 15 is 0 Å². The SMILES string of the molecule is CC1=CC=c2ccc(S(=O)(=O)Oc3ccccc3)cc2=C2C(C)=CC=C(C(C)C)C=C12. The second-order valence-corrected chi connectivity index (χ2v) is 9.77. The Labute approximate surface area is 184 Å². The number of hydrogen-bond acceptors (Lipinski definition) is 3. The van der Waals surface area contributed by atoms with E-state index in [2.05, 4.69) is 52.0 Å². The molecule has 0 saturated carbocycles. The molecule has 3 nitrogen and oxygen atoms in total. The van der Waals surface area contributed by atoms with Crippen molar-refractivity contribution >= 4 is 21.8 Å². The zero-order chi connectivity index (χ0) is 22.2. The van der Waals surface area contributed by atoms with E-state index < -0.39 is 10.1 Å². The predicted molar refractivity (Wildman–Crippen MR) is 126 cm³/mol. The minimum absolute atomic E-state index is 0.143. The Morgan fingerprint density at radius 2 is 1.55 bits per heavy atom. The second kappa shape index (κ2) is 8.20. The smallest absolute Gasteiger partial charge is 0.339 e. The number of para-hydroxylation sites is 1. The molecule has 0 radical (unpaired) electrons. The normalized spacial score (nSPS) is 16.0. The van der Waals surface area contributed by atoms with Crippen molar-refractivity contribution in [1.29, 1.82) is 0 Å². The molecular weight excluding hydrogens is 404 g/mol. The molecule has 0 amide bonds. The largest absolute Gasteiger partial charge is 0.379 e. The fourth-order valence-corrected chi connectivity index (χ4v) is 4.80. The zero-order valence-corrected chi connectivity index (χ0v) is 19.0. The van der Waals surface area contributed by atoms with Gasteiger partial charge in [-0.25, -0.2) is 0 Å². The average Bonchev–Trinajstić information content (AvgIpc) is 2.99. The molecule has 0 heterocycles. The van der Waals surface area contributed by atoms with Crippen LogP contribution in [-0.2, 0) is 10.1 Å². The third-order valence-electron chi connectivity index (χ3n) is 5.64. The maximum atomic E-state index is 13.0. The first-order valence-corrected chi connectivity index (χ1v) is 11.8. The van der Waals surface area contributed by atoms with Gasteiger partial charge in [-0.15, -0.1) is 0 Å². The molecule has 0 N–H and O–H groups in total. The quantitative estimate of drug-likeness (QED) is 0.654. The van der Waals surface area contributed by atoms with Crippen molar-refractivity contribution in [2.45, 2.75) is 32.6 Å². The van der Waals surface area contributed by atoms with Gasteiger partial charge in [-0.05, 0) is 82.3 Å². The molecule has 0 aromatic heterocycles. The Hall–Kier alpha value is -3.11. The van der Waals surface area contributed by atoms with Crippen molar-refractivity contribution in [1.82, 2.24) is 0 Å². The van der Waals surface area contributed by atoms with Crippen molar-refractivity contribution in [2.75, 3.05) is 0 Å². The van der Waals surface area contributed by atoms with Gasteiger partial charge in [-0.2, -0.15) is 8.42 Å². The summed E-state index contributed by atoms with van der Waals surface area (Å²) in [6.45, 7) is 8.53. The second-order valence-electron chi connectivity index (χ2n) is 8.22. The maximum Gasteiger partial charge on any atom is 0.339 e. The summed E-state index contributed by atoms with van der Waals surface area (Å²) in [6, 6.07) is 13.8. The van der Waals surface area contributed by atoms with E-state index in [-0.39, 0.29) is 4.90 Å². The lowest BCUT2D eigenvalue weighted by molar-refractivity contribution is 0.486. The van der Waals surface area contributed by atoms with E-state index in [0.29, 0.717) is 11.7 Å². The molecule has 2 aromatic carbocycles. The third kappa shape index (κ3) is 4.21. The molecule has 0 unspecified atom stereocenters. The molecule has 0 aliphatic heterocycles. The molecule has 2 aliphatic carbocycles. The monoisotopic (exact) mass is 430 g/mol. The molecule has 4 rings (SSSR count). The molecule has 0 saturated heterocycles. The Balaban J connectivity index is 1.94. The van der Waals surface area contributed by atoms with E-state index in [0.717, 1.165) is 32.7 Å². The van der Waals surface area contributed by atoms with E-state index in [1.165, 1.54) is 5.57 Å². The first-order chi connectivity index (χ1) is 14.8. The van der Waals surface area contributed by atoms with E-state index in [4.69, 9.17) is 4.18 Å². The number of hydrogen-bond donors (Lipinski definition) is 0. The van der Waals surface area contributed by atoms with Gasteiger partial charge in [-0.3, -0.25) is 0 Å². The zero-order valence-electron chi connectivity index (χ0n) is 18.2. The van der Waals surface area contributed by atoms with E-state index in [9.17, 15) is 8.42 Å². The first kappa shape index (κ1) is 21.1. The maximum absolute atomic E-state index is 13.0. The van der Waals surface area contributed by atoms with Crippen molar-refractivity contribution in [3.63, 3.8) is 0 Å². The lowest BCUT2D eigenvalue weighted by Crippen LogP contribution is -2.29. The van der Waals surface area contributed by atoms with Crippen LogP contribution in [0.2, 0.25) is 0 Å². The van der Waals surface area contributed by atoms with Gasteiger partial charge in [0.2, 0.25) is 0 Å². The third-order valence-corrected chi connectivity index (χ3v) is 6.88. The van der Waals surface area contributed by atoms with Gasteiger partial charge in [0, 0.05) is 0 Å². The summed E-state index contributed by atoms with van der Waals surface area (Å²) >= 11 is 0. The molecule has 4 heteroatoms. The molecular formula is C27H26O3S. The average molecular weight is 431 g/mol. The summed E-state index contributed by atoms with van der Waals surface area (Å²) in [5.41, 5.74) is 5.68. The van der Waals surface area contributed by atoms with Crippen LogP contribution in [0.15, 0.2) is 100 Å². The van der Waals surface area contributed by atoms with Gasteiger partial charge in [-0.1, -0.05) is 68.5 Å². The molecule has 0 spiro atoms. The highest BCUT2D eigenvalue weighted by Crippen LogP contribution is 2.32. The van der Waals surface area contributed by atoms with Crippen LogP contribution in [0.1, 0.15) is 27.7 Å². The Morgan fingerprint density at radius 3 is 2.26 bits per heavy atom. The minimum Gasteiger partial charge on any atom is -0.379 e. The van der Waals surface area contributed by atoms with Crippen molar-refractivity contribution in [3.8, 4) is 5.75 Å². The molecule has 31 heavy (non-hydrogen) atoms. The van der Waals surface area contributed by atoms with Crippen LogP contribution < -0.4 is 14.6 Å². The van der Waals surface area contributed by atoms with Crippen LogP contribution in [0.5, 0.6) is 5.75 Å². The molecule has 2 aliphatic rings. The Kier molecular flexibility index (Phi) is 5.59. The Bertz CT molecular complexity index is 1380. The predicted octanol–water partition coefficient (Wildman–Crippen LogP) is 4.81. The summed E-state index contributed by atoms with van der Waals surface area (Å²) in [4.78, 5) is 0.143. The number of allylic oxidation sites excluding steroid dienone is 8. The highest BCUT2D eigenvalue weighted by molar-refractivity contribution is 7.87.